The zero-order chi connectivity index (χ0) is 18.2. The van der Waals surface area contributed by atoms with Crippen molar-refractivity contribution < 1.29 is 19.2 Å². The third kappa shape index (κ3) is 5.30. The van der Waals surface area contributed by atoms with Crippen LogP contribution < -0.4 is 15.0 Å². The normalized spacial score (nSPS) is 16.2. The second-order valence-electron chi connectivity index (χ2n) is 6.53. The number of thiophene rings is 1. The zero-order valence-corrected chi connectivity index (χ0v) is 16.0. The summed E-state index contributed by atoms with van der Waals surface area (Å²) in [5.41, 5.74) is 2.46. The summed E-state index contributed by atoms with van der Waals surface area (Å²) in [7, 11) is 1.67. The van der Waals surface area contributed by atoms with Crippen LogP contribution >= 0.6 is 11.3 Å². The van der Waals surface area contributed by atoms with E-state index in [9.17, 15) is 4.79 Å². The Morgan fingerprint density at radius 1 is 1.27 bits per heavy atom. The molecule has 0 radical (unpaired) electrons. The molecule has 1 atom stereocenters. The molecule has 2 heterocycles. The van der Waals surface area contributed by atoms with Gasteiger partial charge in [-0.3, -0.25) is 4.79 Å². The summed E-state index contributed by atoms with van der Waals surface area (Å²) in [5.74, 6) is 0.964. The van der Waals surface area contributed by atoms with Gasteiger partial charge in [0.05, 0.1) is 26.9 Å². The van der Waals surface area contributed by atoms with Gasteiger partial charge in [0.2, 0.25) is 5.91 Å². The third-order valence-corrected chi connectivity index (χ3v) is 5.60. The van der Waals surface area contributed by atoms with Crippen molar-refractivity contribution in [3.8, 4) is 5.75 Å². The molecule has 0 spiro atoms. The van der Waals surface area contributed by atoms with Crippen molar-refractivity contribution in [2.24, 2.45) is 0 Å². The number of benzene rings is 1. The first kappa shape index (κ1) is 18.9. The van der Waals surface area contributed by atoms with Gasteiger partial charge in [-0.1, -0.05) is 0 Å². The van der Waals surface area contributed by atoms with Crippen molar-refractivity contribution in [2.75, 3.05) is 40.0 Å². The van der Waals surface area contributed by atoms with Gasteiger partial charge in [0.15, 0.2) is 0 Å². The first-order valence-corrected chi connectivity index (χ1v) is 10.0. The number of carbonyl (C=O) groups excluding carboxylic acids is 1. The monoisotopic (exact) mass is 375 g/mol. The van der Waals surface area contributed by atoms with Crippen LogP contribution in [0.3, 0.4) is 0 Å². The molecular formula is C20H27N2O3S+. The molecule has 0 bridgehead atoms. The van der Waals surface area contributed by atoms with Gasteiger partial charge in [0, 0.05) is 12.0 Å². The molecule has 0 aliphatic carbocycles. The van der Waals surface area contributed by atoms with Crippen LogP contribution in [0.1, 0.15) is 23.6 Å². The van der Waals surface area contributed by atoms with E-state index in [1.54, 1.807) is 18.4 Å². The fourth-order valence-corrected chi connectivity index (χ4v) is 4.02. The van der Waals surface area contributed by atoms with Crippen molar-refractivity contribution in [1.29, 1.82) is 0 Å². The highest BCUT2D eigenvalue weighted by atomic mass is 32.1. The first-order valence-electron chi connectivity index (χ1n) is 9.10. The molecule has 0 unspecified atom stereocenters. The second kappa shape index (κ2) is 9.71. The lowest BCUT2D eigenvalue weighted by Gasteiger charge is -2.32. The Morgan fingerprint density at radius 2 is 2.04 bits per heavy atom. The van der Waals surface area contributed by atoms with Gasteiger partial charge < -0.3 is 19.7 Å². The van der Waals surface area contributed by atoms with E-state index in [1.807, 2.05) is 12.1 Å². The minimum Gasteiger partial charge on any atom is -0.497 e. The number of ether oxygens (including phenoxy) is 2. The van der Waals surface area contributed by atoms with Crippen molar-refractivity contribution in [3.05, 3.63) is 52.2 Å². The summed E-state index contributed by atoms with van der Waals surface area (Å²) in [6.45, 7) is 4.11. The molecule has 1 aliphatic heterocycles. The van der Waals surface area contributed by atoms with Crippen molar-refractivity contribution >= 4 is 17.2 Å². The van der Waals surface area contributed by atoms with Gasteiger partial charge in [-0.05, 0) is 53.1 Å². The molecule has 1 amide bonds. The van der Waals surface area contributed by atoms with Crippen LogP contribution in [0, 0.1) is 0 Å². The summed E-state index contributed by atoms with van der Waals surface area (Å²) in [6, 6.07) is 10.5. The van der Waals surface area contributed by atoms with Gasteiger partial charge in [-0.15, -0.1) is 0 Å². The number of quaternary nitrogens is 1. The minimum absolute atomic E-state index is 0.113. The summed E-state index contributed by atoms with van der Waals surface area (Å²) >= 11 is 1.67. The summed E-state index contributed by atoms with van der Waals surface area (Å²) < 4.78 is 10.8. The summed E-state index contributed by atoms with van der Waals surface area (Å²) in [6.07, 6.45) is 1.33. The topological polar surface area (TPSA) is 52.0 Å². The standard InChI is InChI=1S/C20H26N2O3S/c1-24-18-5-3-17(4-6-18)19(22-9-11-25-12-10-22)14-21-20(23)7-2-16-8-13-26-15-16/h3-6,8,13,15,19H,2,7,9-12,14H2,1H3,(H,21,23)/p+1/t19-/m1/s1. The highest BCUT2D eigenvalue weighted by Crippen LogP contribution is 2.16. The second-order valence-corrected chi connectivity index (χ2v) is 7.31. The highest BCUT2D eigenvalue weighted by Gasteiger charge is 2.26. The van der Waals surface area contributed by atoms with Gasteiger partial charge in [0.1, 0.15) is 24.9 Å². The van der Waals surface area contributed by atoms with E-state index in [2.05, 4.69) is 34.3 Å². The first-order chi connectivity index (χ1) is 12.8. The average molecular weight is 376 g/mol. The molecule has 1 aromatic heterocycles. The molecule has 5 nitrogen and oxygen atoms in total. The average Bonchev–Trinajstić information content (AvgIpc) is 3.21. The van der Waals surface area contributed by atoms with E-state index in [0.717, 1.165) is 38.5 Å². The molecule has 1 saturated heterocycles. The van der Waals surface area contributed by atoms with Gasteiger partial charge >= 0.3 is 0 Å². The van der Waals surface area contributed by atoms with Crippen LogP contribution in [0.2, 0.25) is 0 Å². The van der Waals surface area contributed by atoms with Gasteiger partial charge in [-0.2, -0.15) is 11.3 Å². The largest absolute Gasteiger partial charge is 0.497 e. The maximum atomic E-state index is 12.3. The van der Waals surface area contributed by atoms with Crippen LogP contribution in [0.5, 0.6) is 5.75 Å². The number of hydrogen-bond acceptors (Lipinski definition) is 4. The Hall–Kier alpha value is -1.89. The number of amides is 1. The number of carbonyl (C=O) groups is 1. The molecule has 1 aliphatic rings. The Labute approximate surface area is 158 Å². The van der Waals surface area contributed by atoms with E-state index < -0.39 is 0 Å². The molecule has 3 rings (SSSR count). The molecule has 0 saturated carbocycles. The molecular weight excluding hydrogens is 348 g/mol. The lowest BCUT2D eigenvalue weighted by molar-refractivity contribution is -0.937. The lowest BCUT2D eigenvalue weighted by Crippen LogP contribution is -3.15. The number of hydrogen-bond donors (Lipinski definition) is 2. The van der Waals surface area contributed by atoms with Gasteiger partial charge in [0.25, 0.3) is 0 Å². The Morgan fingerprint density at radius 3 is 2.69 bits per heavy atom. The SMILES string of the molecule is COc1ccc([C@@H](CNC(=O)CCc2ccsc2)[NH+]2CCOCC2)cc1. The number of aryl methyl sites for hydroxylation is 1. The van der Waals surface area contributed by atoms with Crippen LogP contribution in [-0.2, 0) is 16.0 Å². The van der Waals surface area contributed by atoms with Crippen molar-refractivity contribution in [3.63, 3.8) is 0 Å². The van der Waals surface area contributed by atoms with Crippen LogP contribution in [-0.4, -0.2) is 45.9 Å². The fraction of sp³-hybridized carbons (Fsp3) is 0.450. The van der Waals surface area contributed by atoms with E-state index >= 15 is 0 Å². The van der Waals surface area contributed by atoms with E-state index in [-0.39, 0.29) is 11.9 Å². The zero-order valence-electron chi connectivity index (χ0n) is 15.2. The van der Waals surface area contributed by atoms with Crippen LogP contribution in [0.15, 0.2) is 41.1 Å². The number of rotatable bonds is 8. The van der Waals surface area contributed by atoms with Crippen molar-refractivity contribution in [1.82, 2.24) is 5.32 Å². The van der Waals surface area contributed by atoms with E-state index in [1.165, 1.54) is 16.0 Å². The summed E-state index contributed by atoms with van der Waals surface area (Å²) in [4.78, 5) is 13.8. The maximum absolute atomic E-state index is 12.3. The lowest BCUT2D eigenvalue weighted by atomic mass is 10.0. The van der Waals surface area contributed by atoms with Gasteiger partial charge in [-0.25, -0.2) is 0 Å². The molecule has 26 heavy (non-hydrogen) atoms. The Kier molecular flexibility index (Phi) is 7.05. The van der Waals surface area contributed by atoms with E-state index in [0.29, 0.717) is 13.0 Å². The Bertz CT molecular complexity index is 667. The predicted octanol–water partition coefficient (Wildman–Crippen LogP) is 1.46. The molecule has 140 valence electrons. The number of nitrogens with one attached hydrogen (secondary N) is 2. The quantitative estimate of drug-likeness (QED) is 0.735. The predicted molar refractivity (Wildman–Crippen MR) is 103 cm³/mol. The maximum Gasteiger partial charge on any atom is 0.220 e. The van der Waals surface area contributed by atoms with E-state index in [4.69, 9.17) is 9.47 Å². The third-order valence-electron chi connectivity index (χ3n) is 4.87. The summed E-state index contributed by atoms with van der Waals surface area (Å²) in [5, 5.41) is 7.29. The number of methoxy groups -OCH3 is 1. The minimum atomic E-state index is 0.113. The molecule has 1 fully saturated rings. The molecule has 1 aromatic carbocycles. The number of morpholine rings is 1. The van der Waals surface area contributed by atoms with Crippen molar-refractivity contribution in [2.45, 2.75) is 18.9 Å². The highest BCUT2D eigenvalue weighted by molar-refractivity contribution is 7.07. The van der Waals surface area contributed by atoms with Crippen LogP contribution in [0.25, 0.3) is 0 Å². The molecule has 2 aromatic rings. The molecule has 2 N–H and O–H groups in total. The fourth-order valence-electron chi connectivity index (χ4n) is 3.31. The van der Waals surface area contributed by atoms with Crippen LogP contribution in [0.4, 0.5) is 0 Å². The Balaban J connectivity index is 1.59. The smallest absolute Gasteiger partial charge is 0.220 e. The molecule has 6 heteroatoms.